The molecule has 1 fully saturated rings. The van der Waals surface area contributed by atoms with Crippen molar-refractivity contribution in [3.63, 3.8) is 0 Å². The minimum absolute atomic E-state index is 0.264. The van der Waals surface area contributed by atoms with Crippen molar-refractivity contribution in [1.82, 2.24) is 4.90 Å². The molecule has 1 saturated heterocycles. The molecule has 0 aliphatic carbocycles. The minimum atomic E-state index is -1.34. The lowest BCUT2D eigenvalue weighted by molar-refractivity contribution is -0.151. The van der Waals surface area contributed by atoms with E-state index in [9.17, 15) is 23.9 Å². The summed E-state index contributed by atoms with van der Waals surface area (Å²) in [7, 11) is 1.36. The molecule has 3 aromatic rings. The van der Waals surface area contributed by atoms with Gasteiger partial charge >= 0.3 is 5.97 Å². The Morgan fingerprint density at radius 2 is 1.80 bits per heavy atom. The van der Waals surface area contributed by atoms with Crippen LogP contribution in [0, 0.1) is 25.6 Å². The minimum Gasteiger partial charge on any atom is -0.480 e. The molecule has 0 saturated carbocycles. The van der Waals surface area contributed by atoms with Gasteiger partial charge in [-0.25, -0.2) is 9.18 Å². The highest BCUT2D eigenvalue weighted by Gasteiger charge is 2.58. The first-order valence-corrected chi connectivity index (χ1v) is 12.1. The second kappa shape index (κ2) is 10.1. The van der Waals surface area contributed by atoms with Gasteiger partial charge in [0.1, 0.15) is 18.5 Å². The highest BCUT2D eigenvalue weighted by atomic mass is 32.1. The number of aryl methyl sites for hydroxylation is 2. The summed E-state index contributed by atoms with van der Waals surface area (Å²) in [5.41, 5.74) is 2.67. The van der Waals surface area contributed by atoms with Gasteiger partial charge in [0.25, 0.3) is 0 Å². The molecular formula is C27H26FNO5S. The average molecular weight is 496 g/mol. The molecule has 35 heavy (non-hydrogen) atoms. The molecular weight excluding hydrogens is 469 g/mol. The van der Waals surface area contributed by atoms with Crippen LogP contribution in [0.1, 0.15) is 43.9 Å². The zero-order valence-corrected chi connectivity index (χ0v) is 20.4. The van der Waals surface area contributed by atoms with E-state index < -0.39 is 41.6 Å². The number of Topliss-reactive ketones (excluding diaryl/α,β-unsaturated/α-hetero) is 1. The Kier molecular flexibility index (Phi) is 7.14. The highest BCUT2D eigenvalue weighted by Crippen LogP contribution is 2.52. The maximum absolute atomic E-state index is 14.1. The molecule has 4 unspecified atom stereocenters. The van der Waals surface area contributed by atoms with E-state index in [0.29, 0.717) is 11.1 Å². The number of likely N-dealkylation sites (tertiary alicyclic amines) is 1. The second-order valence-electron chi connectivity index (χ2n) is 8.77. The van der Waals surface area contributed by atoms with Gasteiger partial charge in [0.15, 0.2) is 5.78 Å². The average Bonchev–Trinajstić information content (AvgIpc) is 3.40. The van der Waals surface area contributed by atoms with Crippen molar-refractivity contribution in [1.29, 1.82) is 0 Å². The van der Waals surface area contributed by atoms with Crippen LogP contribution in [-0.2, 0) is 14.3 Å². The summed E-state index contributed by atoms with van der Waals surface area (Å²) < 4.78 is 18.9. The first kappa shape index (κ1) is 24.8. The Bertz CT molecular complexity index is 1250. The van der Waals surface area contributed by atoms with Crippen LogP contribution in [-0.4, -0.2) is 47.4 Å². The second-order valence-corrected chi connectivity index (χ2v) is 9.71. The number of carboxylic acid groups (broad SMARTS) is 1. The molecule has 182 valence electrons. The number of ether oxygens (including phenoxy) is 1. The maximum Gasteiger partial charge on any atom is 0.327 e. The molecule has 8 heteroatoms. The number of rotatable bonds is 7. The molecule has 1 amide bonds. The smallest absolute Gasteiger partial charge is 0.327 e. The summed E-state index contributed by atoms with van der Waals surface area (Å²) in [4.78, 5) is 42.2. The molecule has 4 rings (SSSR count). The predicted octanol–water partition coefficient (Wildman–Crippen LogP) is 4.77. The molecule has 0 bridgehead atoms. The van der Waals surface area contributed by atoms with Crippen LogP contribution in [0.25, 0.3) is 0 Å². The van der Waals surface area contributed by atoms with Crippen molar-refractivity contribution < 1.29 is 28.6 Å². The van der Waals surface area contributed by atoms with E-state index in [-0.39, 0.29) is 12.4 Å². The number of aliphatic carboxylic acids is 1. The van der Waals surface area contributed by atoms with Crippen LogP contribution >= 0.6 is 11.3 Å². The number of thiophene rings is 1. The third kappa shape index (κ3) is 4.63. The van der Waals surface area contributed by atoms with Crippen molar-refractivity contribution in [2.75, 3.05) is 13.7 Å². The zero-order chi connectivity index (χ0) is 25.3. The Balaban J connectivity index is 1.99. The molecule has 2 aromatic carbocycles. The summed E-state index contributed by atoms with van der Waals surface area (Å²) in [6.45, 7) is 3.42. The van der Waals surface area contributed by atoms with E-state index in [1.54, 1.807) is 18.2 Å². The lowest BCUT2D eigenvalue weighted by atomic mass is 9.77. The van der Waals surface area contributed by atoms with E-state index in [4.69, 9.17) is 4.74 Å². The molecule has 0 radical (unpaired) electrons. The van der Waals surface area contributed by atoms with Crippen molar-refractivity contribution in [2.45, 2.75) is 31.8 Å². The summed E-state index contributed by atoms with van der Waals surface area (Å²) in [6, 6.07) is 12.3. The van der Waals surface area contributed by atoms with Crippen LogP contribution < -0.4 is 0 Å². The number of carbonyl (C=O) groups is 3. The SMILES string of the molecule is COCC(=O)N1C(C(=O)O)C(c2ccc(F)cc2)C(C(=O)c2cccc(C)c2)C1c1sccc1C. The molecule has 1 aromatic heterocycles. The van der Waals surface area contributed by atoms with Gasteiger partial charge in [-0.3, -0.25) is 9.59 Å². The van der Waals surface area contributed by atoms with Gasteiger partial charge in [-0.1, -0.05) is 35.9 Å². The van der Waals surface area contributed by atoms with E-state index in [2.05, 4.69) is 0 Å². The van der Waals surface area contributed by atoms with Gasteiger partial charge in [-0.15, -0.1) is 11.3 Å². The van der Waals surface area contributed by atoms with Gasteiger partial charge in [0, 0.05) is 23.5 Å². The van der Waals surface area contributed by atoms with Gasteiger partial charge in [-0.05, 0) is 54.6 Å². The predicted molar refractivity (Wildman–Crippen MR) is 130 cm³/mol. The van der Waals surface area contributed by atoms with Gasteiger partial charge in [-0.2, -0.15) is 0 Å². The third-order valence-electron chi connectivity index (χ3n) is 6.51. The Hall–Kier alpha value is -3.36. The number of halogens is 1. The van der Waals surface area contributed by atoms with Gasteiger partial charge in [0.2, 0.25) is 5.91 Å². The lowest BCUT2D eigenvalue weighted by Crippen LogP contribution is -2.45. The number of carboxylic acids is 1. The Morgan fingerprint density at radius 3 is 2.37 bits per heavy atom. The standard InChI is InChI=1S/C27H26FNO5S/c1-15-5-4-6-18(13-15)25(31)22-21(17-7-9-19(28)10-8-17)24(27(32)33)29(20(30)14-34-3)23(22)26-16(2)11-12-35-26/h4-13,21-24H,14H2,1-3H3,(H,32,33). The number of nitrogens with zero attached hydrogens (tertiary/aromatic N) is 1. The summed E-state index contributed by atoms with van der Waals surface area (Å²) in [6.07, 6.45) is 0. The van der Waals surface area contributed by atoms with Crippen LogP contribution in [0.3, 0.4) is 0 Å². The molecule has 2 heterocycles. The number of ketones is 1. The zero-order valence-electron chi connectivity index (χ0n) is 19.6. The molecule has 6 nitrogen and oxygen atoms in total. The van der Waals surface area contributed by atoms with Gasteiger partial charge in [0.05, 0.1) is 12.0 Å². The number of carbonyl (C=O) groups excluding carboxylic acids is 2. The lowest BCUT2D eigenvalue weighted by Gasteiger charge is -2.29. The number of hydrogen-bond acceptors (Lipinski definition) is 5. The highest BCUT2D eigenvalue weighted by molar-refractivity contribution is 7.10. The largest absolute Gasteiger partial charge is 0.480 e. The van der Waals surface area contributed by atoms with Crippen LogP contribution in [0.2, 0.25) is 0 Å². The van der Waals surface area contributed by atoms with Crippen LogP contribution in [0.4, 0.5) is 4.39 Å². The summed E-state index contributed by atoms with van der Waals surface area (Å²) in [5, 5.41) is 12.2. The van der Waals surface area contributed by atoms with Crippen molar-refractivity contribution >= 4 is 29.0 Å². The van der Waals surface area contributed by atoms with E-state index in [1.165, 1.54) is 47.6 Å². The molecule has 4 atom stereocenters. The first-order valence-electron chi connectivity index (χ1n) is 11.2. The van der Waals surface area contributed by atoms with E-state index in [0.717, 1.165) is 16.0 Å². The molecule has 0 spiro atoms. The molecule has 1 aliphatic heterocycles. The van der Waals surface area contributed by atoms with Gasteiger partial charge < -0.3 is 14.7 Å². The third-order valence-corrected chi connectivity index (χ3v) is 7.60. The fraction of sp³-hybridized carbons (Fsp3) is 0.296. The topological polar surface area (TPSA) is 83.9 Å². The Morgan fingerprint density at radius 1 is 1.09 bits per heavy atom. The fourth-order valence-corrected chi connectivity index (χ4v) is 6.11. The monoisotopic (exact) mass is 495 g/mol. The number of hydrogen-bond donors (Lipinski definition) is 1. The van der Waals surface area contributed by atoms with Crippen LogP contribution in [0.5, 0.6) is 0 Å². The van der Waals surface area contributed by atoms with Crippen molar-refractivity contribution in [3.8, 4) is 0 Å². The maximum atomic E-state index is 14.1. The van der Waals surface area contributed by atoms with E-state index in [1.807, 2.05) is 31.4 Å². The quantitative estimate of drug-likeness (QED) is 0.478. The Labute approximate surface area is 207 Å². The number of benzene rings is 2. The number of methoxy groups -OCH3 is 1. The summed E-state index contributed by atoms with van der Waals surface area (Å²) in [5.74, 6) is -4.29. The molecule has 1 N–H and O–H groups in total. The number of amides is 1. The fourth-order valence-electron chi connectivity index (χ4n) is 5.04. The van der Waals surface area contributed by atoms with Crippen molar-refractivity contribution in [2.24, 2.45) is 5.92 Å². The first-order chi connectivity index (χ1) is 16.7. The summed E-state index contributed by atoms with van der Waals surface area (Å²) >= 11 is 1.38. The van der Waals surface area contributed by atoms with E-state index >= 15 is 0 Å². The molecule has 1 aliphatic rings. The normalized spacial score (nSPS) is 21.8. The van der Waals surface area contributed by atoms with Crippen LogP contribution in [0.15, 0.2) is 60.0 Å². The van der Waals surface area contributed by atoms with Crippen molar-refractivity contribution in [3.05, 3.63) is 92.9 Å².